The Balaban J connectivity index is 1.69. The van der Waals surface area contributed by atoms with Gasteiger partial charge in [0.05, 0.1) is 7.11 Å². The number of ketones is 1. The normalized spacial score (nSPS) is 10.9. The third kappa shape index (κ3) is 5.91. The number of carbonyl (C=O) groups excluding carboxylic acids is 1. The Morgan fingerprint density at radius 1 is 0.967 bits per heavy atom. The van der Waals surface area contributed by atoms with Gasteiger partial charge in [0, 0.05) is 5.56 Å². The van der Waals surface area contributed by atoms with Gasteiger partial charge in [-0.3, -0.25) is 4.79 Å². The van der Waals surface area contributed by atoms with Gasteiger partial charge in [-0.2, -0.15) is 8.78 Å². The second-order valence-electron chi connectivity index (χ2n) is 6.29. The molecule has 0 amide bonds. The summed E-state index contributed by atoms with van der Waals surface area (Å²) in [5.41, 5.74) is 2.14. The fourth-order valence-electron chi connectivity index (χ4n) is 2.71. The zero-order valence-electron chi connectivity index (χ0n) is 16.3. The van der Waals surface area contributed by atoms with Crippen molar-refractivity contribution in [2.45, 2.75) is 13.2 Å². The van der Waals surface area contributed by atoms with Crippen molar-refractivity contribution in [2.75, 3.05) is 7.11 Å². The van der Waals surface area contributed by atoms with Crippen LogP contribution in [0.5, 0.6) is 17.2 Å². The molecular formula is C24H20F2O4. The van der Waals surface area contributed by atoms with Crippen LogP contribution in [-0.4, -0.2) is 19.5 Å². The van der Waals surface area contributed by atoms with E-state index < -0.39 is 6.61 Å². The summed E-state index contributed by atoms with van der Waals surface area (Å²) in [4.78, 5) is 12.3. The van der Waals surface area contributed by atoms with Gasteiger partial charge in [-0.05, 0) is 53.6 Å². The molecule has 0 aliphatic carbocycles. The Hall–Kier alpha value is -3.67. The highest BCUT2D eigenvalue weighted by Gasteiger charge is 2.08. The molecule has 154 valence electrons. The van der Waals surface area contributed by atoms with E-state index in [4.69, 9.17) is 9.47 Å². The van der Waals surface area contributed by atoms with Crippen molar-refractivity contribution < 1.29 is 27.8 Å². The van der Waals surface area contributed by atoms with Crippen LogP contribution in [0.25, 0.3) is 6.08 Å². The quantitative estimate of drug-likeness (QED) is 0.332. The molecule has 0 aliphatic heterocycles. The number of allylic oxidation sites excluding steroid dienone is 1. The zero-order chi connectivity index (χ0) is 21.3. The van der Waals surface area contributed by atoms with E-state index >= 15 is 0 Å². The topological polar surface area (TPSA) is 44.8 Å². The average molecular weight is 410 g/mol. The summed E-state index contributed by atoms with van der Waals surface area (Å²) < 4.78 is 39.9. The molecule has 0 aliphatic rings. The van der Waals surface area contributed by atoms with E-state index in [-0.39, 0.29) is 11.5 Å². The number of hydrogen-bond acceptors (Lipinski definition) is 4. The summed E-state index contributed by atoms with van der Waals surface area (Å²) in [7, 11) is 1.56. The van der Waals surface area contributed by atoms with Crippen LogP contribution in [0.1, 0.15) is 21.5 Å². The number of halogens is 2. The predicted molar refractivity (Wildman–Crippen MR) is 110 cm³/mol. The average Bonchev–Trinajstić information content (AvgIpc) is 2.77. The fourth-order valence-corrected chi connectivity index (χ4v) is 2.71. The number of methoxy groups -OCH3 is 1. The lowest BCUT2D eigenvalue weighted by molar-refractivity contribution is -0.0498. The van der Waals surface area contributed by atoms with Crippen LogP contribution < -0.4 is 14.2 Å². The first-order chi connectivity index (χ1) is 14.5. The van der Waals surface area contributed by atoms with Crippen LogP contribution >= 0.6 is 0 Å². The lowest BCUT2D eigenvalue weighted by Gasteiger charge is -2.11. The lowest BCUT2D eigenvalue weighted by Crippen LogP contribution is -2.02. The van der Waals surface area contributed by atoms with E-state index in [1.54, 1.807) is 31.4 Å². The molecule has 0 fully saturated rings. The van der Waals surface area contributed by atoms with Crippen molar-refractivity contribution in [3.63, 3.8) is 0 Å². The maximum atomic E-state index is 12.3. The summed E-state index contributed by atoms with van der Waals surface area (Å²) in [6.45, 7) is -2.52. The molecule has 0 saturated heterocycles. The summed E-state index contributed by atoms with van der Waals surface area (Å²) in [5, 5.41) is 0. The van der Waals surface area contributed by atoms with E-state index in [1.165, 1.54) is 30.3 Å². The van der Waals surface area contributed by atoms with Crippen LogP contribution in [0.3, 0.4) is 0 Å². The molecule has 4 nitrogen and oxygen atoms in total. The molecule has 0 atom stereocenters. The van der Waals surface area contributed by atoms with Crippen molar-refractivity contribution in [3.05, 3.63) is 95.6 Å². The minimum Gasteiger partial charge on any atom is -0.493 e. The van der Waals surface area contributed by atoms with Crippen LogP contribution in [0, 0.1) is 0 Å². The number of benzene rings is 3. The van der Waals surface area contributed by atoms with E-state index in [1.807, 2.05) is 30.3 Å². The minimum atomic E-state index is -2.90. The maximum absolute atomic E-state index is 12.3. The summed E-state index contributed by atoms with van der Waals surface area (Å²) >= 11 is 0. The highest BCUT2D eigenvalue weighted by atomic mass is 19.3. The third-order valence-corrected chi connectivity index (χ3v) is 4.22. The van der Waals surface area contributed by atoms with Gasteiger partial charge in [0.1, 0.15) is 12.4 Å². The first-order valence-electron chi connectivity index (χ1n) is 9.17. The third-order valence-electron chi connectivity index (χ3n) is 4.22. The van der Waals surface area contributed by atoms with Gasteiger partial charge >= 0.3 is 6.61 Å². The number of alkyl halides is 2. The lowest BCUT2D eigenvalue weighted by atomic mass is 10.1. The molecule has 0 saturated carbocycles. The van der Waals surface area contributed by atoms with E-state index in [0.29, 0.717) is 23.7 Å². The van der Waals surface area contributed by atoms with Gasteiger partial charge in [0.15, 0.2) is 17.3 Å². The second kappa shape index (κ2) is 10.2. The van der Waals surface area contributed by atoms with Gasteiger partial charge < -0.3 is 14.2 Å². The van der Waals surface area contributed by atoms with Crippen LogP contribution in [0.15, 0.2) is 78.9 Å². The van der Waals surface area contributed by atoms with Crippen molar-refractivity contribution in [3.8, 4) is 17.2 Å². The zero-order valence-corrected chi connectivity index (χ0v) is 16.3. The molecule has 0 radical (unpaired) electrons. The molecule has 0 N–H and O–H groups in total. The molecule has 0 aromatic heterocycles. The molecule has 3 aromatic rings. The number of rotatable bonds is 9. The van der Waals surface area contributed by atoms with Gasteiger partial charge in [0.2, 0.25) is 0 Å². The number of hydrogen-bond donors (Lipinski definition) is 0. The van der Waals surface area contributed by atoms with E-state index in [2.05, 4.69) is 4.74 Å². The first-order valence-corrected chi connectivity index (χ1v) is 9.17. The maximum Gasteiger partial charge on any atom is 0.387 e. The number of carbonyl (C=O) groups is 1. The summed E-state index contributed by atoms with van der Waals surface area (Å²) in [6, 6.07) is 20.6. The van der Waals surface area contributed by atoms with Crippen molar-refractivity contribution in [2.24, 2.45) is 0 Å². The Kier molecular flexibility index (Phi) is 7.16. The van der Waals surface area contributed by atoms with Crippen molar-refractivity contribution in [1.82, 2.24) is 0 Å². The standard InChI is InChI=1S/C24H20F2O4/c1-28-22-14-8-17(15-23(22)29-16-18-5-3-2-4-6-18)7-13-21(27)19-9-11-20(12-10-19)30-24(25)26/h2-15,24H,16H2,1H3. The highest BCUT2D eigenvalue weighted by molar-refractivity contribution is 6.06. The van der Waals surface area contributed by atoms with Crippen LogP contribution in [0.2, 0.25) is 0 Å². The Labute approximate surface area is 173 Å². The van der Waals surface area contributed by atoms with Gasteiger partial charge in [0.25, 0.3) is 0 Å². The number of ether oxygens (including phenoxy) is 3. The molecule has 6 heteroatoms. The largest absolute Gasteiger partial charge is 0.493 e. The molecule has 0 bridgehead atoms. The predicted octanol–water partition coefficient (Wildman–Crippen LogP) is 5.77. The Bertz CT molecular complexity index is 999. The second-order valence-corrected chi connectivity index (χ2v) is 6.29. The SMILES string of the molecule is COc1ccc(C=CC(=O)c2ccc(OC(F)F)cc2)cc1OCc1ccccc1. The summed E-state index contributed by atoms with van der Waals surface area (Å²) in [5.74, 6) is 0.885. The molecule has 0 unspecified atom stereocenters. The smallest absolute Gasteiger partial charge is 0.387 e. The molecule has 30 heavy (non-hydrogen) atoms. The summed E-state index contributed by atoms with van der Waals surface area (Å²) in [6.07, 6.45) is 3.06. The molecule has 0 spiro atoms. The van der Waals surface area contributed by atoms with Gasteiger partial charge in [-0.15, -0.1) is 0 Å². The highest BCUT2D eigenvalue weighted by Crippen LogP contribution is 2.29. The fraction of sp³-hybridized carbons (Fsp3) is 0.125. The van der Waals surface area contributed by atoms with Crippen molar-refractivity contribution >= 4 is 11.9 Å². The Morgan fingerprint density at radius 3 is 2.37 bits per heavy atom. The minimum absolute atomic E-state index is 0.000825. The van der Waals surface area contributed by atoms with Crippen LogP contribution in [0.4, 0.5) is 8.78 Å². The molecule has 3 rings (SSSR count). The van der Waals surface area contributed by atoms with Gasteiger partial charge in [-0.1, -0.05) is 42.5 Å². The van der Waals surface area contributed by atoms with Crippen molar-refractivity contribution in [1.29, 1.82) is 0 Å². The Morgan fingerprint density at radius 2 is 1.70 bits per heavy atom. The van der Waals surface area contributed by atoms with E-state index in [0.717, 1.165) is 11.1 Å². The van der Waals surface area contributed by atoms with E-state index in [9.17, 15) is 13.6 Å². The monoisotopic (exact) mass is 410 g/mol. The molecule has 0 heterocycles. The van der Waals surface area contributed by atoms with Gasteiger partial charge in [-0.25, -0.2) is 0 Å². The molecule has 3 aromatic carbocycles. The first kappa shape index (κ1) is 21.0. The molecular weight excluding hydrogens is 390 g/mol. The van der Waals surface area contributed by atoms with Crippen LogP contribution in [-0.2, 0) is 6.61 Å².